The number of benzene rings is 2. The molecule has 1 atom stereocenters. The van der Waals surface area contributed by atoms with Crippen molar-refractivity contribution in [2.45, 2.75) is 29.7 Å². The molecule has 0 N–H and O–H groups in total. The Morgan fingerprint density at radius 1 is 1.00 bits per heavy atom. The van der Waals surface area contributed by atoms with Crippen LogP contribution >= 0.6 is 11.8 Å². The monoisotopic (exact) mass is 393 g/mol. The zero-order valence-corrected chi connectivity index (χ0v) is 16.7. The number of para-hydroxylation sites is 1. The molecule has 1 aliphatic heterocycles. The van der Waals surface area contributed by atoms with Crippen molar-refractivity contribution in [1.29, 1.82) is 0 Å². The van der Waals surface area contributed by atoms with Gasteiger partial charge in [-0.15, -0.1) is 0 Å². The molecule has 0 saturated carbocycles. The Morgan fingerprint density at radius 3 is 2.43 bits per heavy atom. The topological polar surface area (TPSA) is 55.2 Å². The van der Waals surface area contributed by atoms with E-state index >= 15 is 0 Å². The lowest BCUT2D eigenvalue weighted by molar-refractivity contribution is -0.131. The number of piperidine rings is 1. The fourth-order valence-corrected chi connectivity index (χ4v) is 4.72. The number of fused-ring (bicyclic) bond motifs is 1. The van der Waals surface area contributed by atoms with E-state index in [2.05, 4.69) is 4.98 Å². The van der Waals surface area contributed by atoms with E-state index in [1.807, 2.05) is 53.4 Å². The van der Waals surface area contributed by atoms with Gasteiger partial charge in [0.05, 0.1) is 10.9 Å². The number of amides is 1. The second kappa shape index (κ2) is 8.19. The van der Waals surface area contributed by atoms with Crippen LogP contribution in [0.3, 0.4) is 0 Å². The molecule has 1 aliphatic rings. The number of hydrogen-bond acceptors (Lipinski definition) is 4. The standard InChI is InChI=1S/C22H23N3O2S/c1-24-20(26)17-12-6-7-13-18(17)23-22(24)28-19(16-10-4-2-5-11-16)21(27)25-14-8-3-9-15-25/h2,4-7,10-13,19H,3,8-9,14-15H2,1H3. The van der Waals surface area contributed by atoms with E-state index < -0.39 is 5.25 Å². The van der Waals surface area contributed by atoms with E-state index in [0.29, 0.717) is 16.1 Å². The highest BCUT2D eigenvalue weighted by molar-refractivity contribution is 8.00. The molecule has 1 amide bonds. The summed E-state index contributed by atoms with van der Waals surface area (Å²) in [5.74, 6) is 0.0957. The third kappa shape index (κ3) is 3.69. The van der Waals surface area contributed by atoms with Crippen molar-refractivity contribution in [3.63, 3.8) is 0 Å². The summed E-state index contributed by atoms with van der Waals surface area (Å²) in [7, 11) is 1.72. The van der Waals surface area contributed by atoms with Gasteiger partial charge in [-0.25, -0.2) is 4.98 Å². The van der Waals surface area contributed by atoms with Crippen LogP contribution in [0, 0.1) is 0 Å². The highest BCUT2D eigenvalue weighted by Gasteiger charge is 2.29. The normalized spacial score (nSPS) is 15.5. The summed E-state index contributed by atoms with van der Waals surface area (Å²) in [6.07, 6.45) is 3.27. The largest absolute Gasteiger partial charge is 0.341 e. The predicted molar refractivity (Wildman–Crippen MR) is 112 cm³/mol. The molecular formula is C22H23N3O2S. The molecule has 0 bridgehead atoms. The third-order valence-corrected chi connectivity index (χ3v) is 6.45. The van der Waals surface area contributed by atoms with Crippen molar-refractivity contribution in [3.8, 4) is 0 Å². The fourth-order valence-electron chi connectivity index (χ4n) is 3.58. The molecule has 5 nitrogen and oxygen atoms in total. The zero-order chi connectivity index (χ0) is 19.5. The Bertz CT molecular complexity index is 1040. The average Bonchev–Trinajstić information content (AvgIpc) is 2.76. The molecule has 2 aromatic carbocycles. The molecule has 2 heterocycles. The minimum Gasteiger partial charge on any atom is -0.341 e. The molecule has 3 aromatic rings. The minimum atomic E-state index is -0.418. The highest BCUT2D eigenvalue weighted by Crippen LogP contribution is 2.36. The van der Waals surface area contributed by atoms with Crippen molar-refractivity contribution in [1.82, 2.24) is 14.5 Å². The SMILES string of the molecule is Cn1c(SC(C(=O)N2CCCCC2)c2ccccc2)nc2ccccc2c1=O. The molecule has 144 valence electrons. The van der Waals surface area contributed by atoms with Crippen LogP contribution in [-0.4, -0.2) is 33.4 Å². The molecule has 0 spiro atoms. The number of hydrogen-bond donors (Lipinski definition) is 0. The van der Waals surface area contributed by atoms with E-state index in [1.54, 1.807) is 17.7 Å². The van der Waals surface area contributed by atoms with E-state index in [4.69, 9.17) is 0 Å². The van der Waals surface area contributed by atoms with E-state index in [0.717, 1.165) is 31.5 Å². The van der Waals surface area contributed by atoms with Gasteiger partial charge in [-0.3, -0.25) is 14.2 Å². The van der Waals surface area contributed by atoms with Gasteiger partial charge in [0.25, 0.3) is 5.56 Å². The van der Waals surface area contributed by atoms with Gasteiger partial charge in [-0.1, -0.05) is 54.2 Å². The number of aromatic nitrogens is 2. The summed E-state index contributed by atoms with van der Waals surface area (Å²) in [4.78, 5) is 32.7. The van der Waals surface area contributed by atoms with Crippen molar-refractivity contribution in [2.24, 2.45) is 7.05 Å². The smallest absolute Gasteiger partial charge is 0.261 e. The van der Waals surface area contributed by atoms with Crippen LogP contribution in [0.4, 0.5) is 0 Å². The average molecular weight is 394 g/mol. The van der Waals surface area contributed by atoms with Crippen LogP contribution in [0.1, 0.15) is 30.1 Å². The molecule has 4 rings (SSSR count). The van der Waals surface area contributed by atoms with E-state index in [9.17, 15) is 9.59 Å². The summed E-state index contributed by atoms with van der Waals surface area (Å²) >= 11 is 1.36. The third-order valence-electron chi connectivity index (χ3n) is 5.16. The van der Waals surface area contributed by atoms with Crippen molar-refractivity contribution >= 4 is 28.6 Å². The molecule has 28 heavy (non-hydrogen) atoms. The Morgan fingerprint density at radius 2 is 1.68 bits per heavy atom. The van der Waals surface area contributed by atoms with Crippen LogP contribution in [0.15, 0.2) is 64.5 Å². The van der Waals surface area contributed by atoms with Gasteiger partial charge in [0.2, 0.25) is 5.91 Å². The Hall–Kier alpha value is -2.60. The Kier molecular flexibility index (Phi) is 5.48. The Balaban J connectivity index is 1.74. The van der Waals surface area contributed by atoms with E-state index in [1.165, 1.54) is 18.2 Å². The van der Waals surface area contributed by atoms with Gasteiger partial charge in [-0.2, -0.15) is 0 Å². The lowest BCUT2D eigenvalue weighted by Crippen LogP contribution is -2.38. The molecule has 1 aromatic heterocycles. The van der Waals surface area contributed by atoms with Crippen LogP contribution in [0.5, 0.6) is 0 Å². The van der Waals surface area contributed by atoms with E-state index in [-0.39, 0.29) is 11.5 Å². The summed E-state index contributed by atoms with van der Waals surface area (Å²) < 4.78 is 1.55. The second-order valence-corrected chi connectivity index (χ2v) is 8.14. The van der Waals surface area contributed by atoms with Crippen LogP contribution < -0.4 is 5.56 Å². The van der Waals surface area contributed by atoms with Gasteiger partial charge in [-0.05, 0) is 37.0 Å². The molecule has 1 unspecified atom stereocenters. The molecule has 0 aliphatic carbocycles. The highest BCUT2D eigenvalue weighted by atomic mass is 32.2. The Labute approximate surface area is 168 Å². The molecule has 1 saturated heterocycles. The quantitative estimate of drug-likeness (QED) is 0.500. The number of carbonyl (C=O) groups excluding carboxylic acids is 1. The second-order valence-electron chi connectivity index (χ2n) is 7.07. The van der Waals surface area contributed by atoms with Gasteiger partial charge >= 0.3 is 0 Å². The first-order valence-corrected chi connectivity index (χ1v) is 10.5. The molecule has 1 fully saturated rings. The summed E-state index contributed by atoms with van der Waals surface area (Å²) in [6, 6.07) is 17.1. The predicted octanol–water partition coefficient (Wildman–Crippen LogP) is 3.78. The van der Waals surface area contributed by atoms with Crippen molar-refractivity contribution in [3.05, 3.63) is 70.5 Å². The number of nitrogens with zero attached hydrogens (tertiary/aromatic N) is 3. The minimum absolute atomic E-state index is 0.0923. The number of carbonyl (C=O) groups is 1. The van der Waals surface area contributed by atoms with Gasteiger partial charge in [0.15, 0.2) is 5.16 Å². The van der Waals surface area contributed by atoms with Crippen molar-refractivity contribution < 1.29 is 4.79 Å². The molecular weight excluding hydrogens is 370 g/mol. The van der Waals surface area contributed by atoms with Crippen LogP contribution in [0.2, 0.25) is 0 Å². The van der Waals surface area contributed by atoms with Gasteiger partial charge in [0.1, 0.15) is 5.25 Å². The van der Waals surface area contributed by atoms with Crippen LogP contribution in [0.25, 0.3) is 10.9 Å². The lowest BCUT2D eigenvalue weighted by Gasteiger charge is -2.30. The number of thioether (sulfide) groups is 1. The first-order valence-electron chi connectivity index (χ1n) is 9.61. The summed E-state index contributed by atoms with van der Waals surface area (Å²) in [6.45, 7) is 1.60. The molecule has 0 radical (unpaired) electrons. The van der Waals surface area contributed by atoms with Gasteiger partial charge < -0.3 is 4.90 Å². The molecule has 6 heteroatoms. The zero-order valence-electron chi connectivity index (χ0n) is 15.9. The number of likely N-dealkylation sites (tertiary alicyclic amines) is 1. The summed E-state index contributed by atoms with van der Waals surface area (Å²) in [5.41, 5.74) is 1.50. The van der Waals surface area contributed by atoms with Crippen molar-refractivity contribution in [2.75, 3.05) is 13.1 Å². The first kappa shape index (κ1) is 18.7. The van der Waals surface area contributed by atoms with Crippen LogP contribution in [-0.2, 0) is 11.8 Å². The lowest BCUT2D eigenvalue weighted by atomic mass is 10.1. The number of rotatable bonds is 4. The maximum absolute atomic E-state index is 13.4. The first-order chi connectivity index (χ1) is 13.6. The maximum atomic E-state index is 13.4. The maximum Gasteiger partial charge on any atom is 0.261 e. The summed E-state index contributed by atoms with van der Waals surface area (Å²) in [5, 5.41) is 0.731. The fraction of sp³-hybridized carbons (Fsp3) is 0.318. The van der Waals surface area contributed by atoms with Gasteiger partial charge in [0, 0.05) is 20.1 Å².